The molecular formula is C21H21N5O2S. The van der Waals surface area contributed by atoms with E-state index < -0.39 is 10.0 Å². The number of sulfonamides is 1. The summed E-state index contributed by atoms with van der Waals surface area (Å²) in [5.41, 5.74) is 5.74. The summed E-state index contributed by atoms with van der Waals surface area (Å²) in [5.74, 6) is 0. The number of pyridine rings is 1. The van der Waals surface area contributed by atoms with Gasteiger partial charge in [0.25, 0.3) is 0 Å². The Morgan fingerprint density at radius 1 is 0.966 bits per heavy atom. The van der Waals surface area contributed by atoms with Crippen molar-refractivity contribution in [2.75, 3.05) is 13.1 Å². The third-order valence-corrected chi connectivity index (χ3v) is 7.41. The maximum atomic E-state index is 12.8. The number of hydrogen-bond acceptors (Lipinski definition) is 4. The summed E-state index contributed by atoms with van der Waals surface area (Å²) in [6.07, 6.45) is 7.51. The van der Waals surface area contributed by atoms with Gasteiger partial charge in [0.2, 0.25) is 10.0 Å². The maximum absolute atomic E-state index is 12.8. The van der Waals surface area contributed by atoms with Crippen LogP contribution in [0, 0.1) is 6.92 Å². The zero-order valence-electron chi connectivity index (χ0n) is 16.0. The van der Waals surface area contributed by atoms with Gasteiger partial charge in [-0.15, -0.1) is 0 Å². The Morgan fingerprint density at radius 3 is 2.38 bits per heavy atom. The number of rotatable bonds is 4. The molecule has 0 bridgehead atoms. The number of imidazole rings is 1. The van der Waals surface area contributed by atoms with Crippen molar-refractivity contribution in [2.45, 2.75) is 24.7 Å². The molecule has 0 amide bonds. The van der Waals surface area contributed by atoms with Crippen molar-refractivity contribution in [3.05, 3.63) is 60.7 Å². The second kappa shape index (κ2) is 6.82. The molecule has 7 nitrogen and oxygen atoms in total. The van der Waals surface area contributed by atoms with E-state index in [2.05, 4.69) is 15.2 Å². The Morgan fingerprint density at radius 2 is 1.69 bits per heavy atom. The lowest BCUT2D eigenvalue weighted by Gasteiger charge is -2.15. The third-order valence-electron chi connectivity index (χ3n) is 5.50. The summed E-state index contributed by atoms with van der Waals surface area (Å²) >= 11 is 0. The second-order valence-electron chi connectivity index (χ2n) is 7.33. The van der Waals surface area contributed by atoms with Crippen molar-refractivity contribution in [3.63, 3.8) is 0 Å². The molecule has 0 unspecified atom stereocenters. The number of aryl methyl sites for hydroxylation is 1. The maximum Gasteiger partial charge on any atom is 0.243 e. The molecule has 3 aromatic heterocycles. The highest BCUT2D eigenvalue weighted by atomic mass is 32.2. The van der Waals surface area contributed by atoms with Gasteiger partial charge < -0.3 is 0 Å². The van der Waals surface area contributed by atoms with Gasteiger partial charge in [-0.25, -0.2) is 13.4 Å². The first-order chi connectivity index (χ1) is 14.0. The van der Waals surface area contributed by atoms with Crippen molar-refractivity contribution in [1.82, 2.24) is 23.9 Å². The Labute approximate surface area is 169 Å². The van der Waals surface area contributed by atoms with Crippen LogP contribution < -0.4 is 0 Å². The van der Waals surface area contributed by atoms with E-state index in [9.17, 15) is 8.42 Å². The van der Waals surface area contributed by atoms with Gasteiger partial charge in [-0.2, -0.15) is 9.40 Å². The second-order valence-corrected chi connectivity index (χ2v) is 9.27. The quantitative estimate of drug-likeness (QED) is 0.561. The van der Waals surface area contributed by atoms with Crippen molar-refractivity contribution in [1.29, 1.82) is 0 Å². The molecule has 148 valence electrons. The number of aromatic nitrogens is 4. The normalized spacial score (nSPS) is 15.3. The fourth-order valence-corrected chi connectivity index (χ4v) is 5.39. The molecule has 0 radical (unpaired) electrons. The topological polar surface area (TPSA) is 83.4 Å². The van der Waals surface area contributed by atoms with Crippen LogP contribution in [0.2, 0.25) is 0 Å². The van der Waals surface area contributed by atoms with Crippen molar-refractivity contribution < 1.29 is 8.42 Å². The minimum atomic E-state index is -3.41. The summed E-state index contributed by atoms with van der Waals surface area (Å²) in [6.45, 7) is 3.20. The van der Waals surface area contributed by atoms with Crippen LogP contribution in [0.15, 0.2) is 59.9 Å². The zero-order chi connectivity index (χ0) is 20.0. The molecule has 1 aliphatic heterocycles. The molecule has 5 rings (SSSR count). The van der Waals surface area contributed by atoms with Gasteiger partial charge in [0.05, 0.1) is 23.0 Å². The Bertz CT molecular complexity index is 1280. The SMILES string of the molecule is Cc1[nH]ncc1-c1ccc2ncc(-c3ccc(S(=O)(=O)N4CCCC4)cc3)n2c1. The van der Waals surface area contributed by atoms with Crippen LogP contribution >= 0.6 is 0 Å². The van der Waals surface area contributed by atoms with E-state index in [1.54, 1.807) is 16.4 Å². The molecule has 0 atom stereocenters. The first kappa shape index (κ1) is 18.1. The van der Waals surface area contributed by atoms with Crippen LogP contribution in [-0.2, 0) is 10.0 Å². The van der Waals surface area contributed by atoms with Gasteiger partial charge in [-0.1, -0.05) is 12.1 Å². The molecule has 0 spiro atoms. The standard InChI is InChI=1S/C21H21N5O2S/c1-15-19(12-23-24-15)17-6-9-21-22-13-20(26(21)14-17)16-4-7-18(8-5-16)29(27,28)25-10-2-3-11-25/h4-9,12-14H,2-3,10-11H2,1H3,(H,23,24). The summed E-state index contributed by atoms with van der Waals surface area (Å²) < 4.78 is 29.1. The molecule has 1 aliphatic rings. The predicted octanol–water partition coefficient (Wildman–Crippen LogP) is 3.48. The highest BCUT2D eigenvalue weighted by Crippen LogP contribution is 2.28. The lowest BCUT2D eigenvalue weighted by molar-refractivity contribution is 0.477. The predicted molar refractivity (Wildman–Crippen MR) is 111 cm³/mol. The van der Waals surface area contributed by atoms with Gasteiger partial charge in [0.1, 0.15) is 5.65 Å². The van der Waals surface area contributed by atoms with Crippen LogP contribution in [0.1, 0.15) is 18.5 Å². The van der Waals surface area contributed by atoms with E-state index in [-0.39, 0.29) is 0 Å². The Hall–Kier alpha value is -2.97. The lowest BCUT2D eigenvalue weighted by atomic mass is 10.1. The van der Waals surface area contributed by atoms with Gasteiger partial charge in [-0.05, 0) is 44.0 Å². The van der Waals surface area contributed by atoms with Crippen LogP contribution in [0.4, 0.5) is 0 Å². The van der Waals surface area contributed by atoms with Gasteiger partial charge in [0.15, 0.2) is 0 Å². The Kier molecular flexibility index (Phi) is 4.25. The molecule has 1 saturated heterocycles. The number of nitrogens with zero attached hydrogens (tertiary/aromatic N) is 4. The van der Waals surface area contributed by atoms with E-state index in [0.29, 0.717) is 18.0 Å². The summed E-state index contributed by atoms with van der Waals surface area (Å²) in [7, 11) is -3.41. The molecule has 29 heavy (non-hydrogen) atoms. The molecular weight excluding hydrogens is 386 g/mol. The van der Waals surface area contributed by atoms with Crippen LogP contribution in [0.3, 0.4) is 0 Å². The van der Waals surface area contributed by atoms with E-state index in [1.165, 1.54) is 0 Å². The molecule has 0 saturated carbocycles. The fourth-order valence-electron chi connectivity index (χ4n) is 3.87. The van der Waals surface area contributed by atoms with E-state index in [0.717, 1.165) is 46.6 Å². The molecule has 0 aliphatic carbocycles. The average molecular weight is 407 g/mol. The highest BCUT2D eigenvalue weighted by Gasteiger charge is 2.27. The zero-order valence-corrected chi connectivity index (χ0v) is 16.9. The monoisotopic (exact) mass is 407 g/mol. The van der Waals surface area contributed by atoms with Crippen LogP contribution in [0.5, 0.6) is 0 Å². The number of hydrogen-bond donors (Lipinski definition) is 1. The number of aromatic amines is 1. The first-order valence-electron chi connectivity index (χ1n) is 9.62. The Balaban J connectivity index is 1.53. The van der Waals surface area contributed by atoms with E-state index in [4.69, 9.17) is 0 Å². The minimum absolute atomic E-state index is 0.340. The van der Waals surface area contributed by atoms with Crippen LogP contribution in [0.25, 0.3) is 28.0 Å². The van der Waals surface area contributed by atoms with Crippen molar-refractivity contribution in [2.24, 2.45) is 0 Å². The van der Waals surface area contributed by atoms with Crippen molar-refractivity contribution in [3.8, 4) is 22.4 Å². The first-order valence-corrected chi connectivity index (χ1v) is 11.1. The minimum Gasteiger partial charge on any atom is -0.299 e. The van der Waals surface area contributed by atoms with Gasteiger partial charge in [-0.3, -0.25) is 9.50 Å². The number of benzene rings is 1. The smallest absolute Gasteiger partial charge is 0.243 e. The third kappa shape index (κ3) is 3.04. The van der Waals surface area contributed by atoms with Crippen LogP contribution in [-0.4, -0.2) is 45.4 Å². The number of nitrogens with one attached hydrogen (secondary N) is 1. The van der Waals surface area contributed by atoms with E-state index in [1.807, 2.05) is 54.2 Å². The molecule has 4 heterocycles. The van der Waals surface area contributed by atoms with E-state index >= 15 is 0 Å². The lowest BCUT2D eigenvalue weighted by Crippen LogP contribution is -2.27. The fraction of sp³-hybridized carbons (Fsp3) is 0.238. The average Bonchev–Trinajstić information content (AvgIpc) is 3.48. The largest absolute Gasteiger partial charge is 0.299 e. The van der Waals surface area contributed by atoms with Gasteiger partial charge in [0, 0.05) is 41.7 Å². The number of fused-ring (bicyclic) bond motifs is 1. The summed E-state index contributed by atoms with van der Waals surface area (Å²) in [5, 5.41) is 7.06. The van der Waals surface area contributed by atoms with Gasteiger partial charge >= 0.3 is 0 Å². The molecule has 4 aromatic rings. The molecule has 1 N–H and O–H groups in total. The summed E-state index contributed by atoms with van der Waals surface area (Å²) in [6, 6.07) is 11.1. The molecule has 1 aromatic carbocycles. The van der Waals surface area contributed by atoms with Crippen molar-refractivity contribution >= 4 is 15.7 Å². The molecule has 1 fully saturated rings. The summed E-state index contributed by atoms with van der Waals surface area (Å²) in [4.78, 5) is 4.83. The number of H-pyrrole nitrogens is 1. The molecule has 8 heteroatoms. The highest BCUT2D eigenvalue weighted by molar-refractivity contribution is 7.89.